The van der Waals surface area contributed by atoms with Gasteiger partial charge in [0.05, 0.1) is 11.9 Å². The molecule has 0 radical (unpaired) electrons. The Hall–Kier alpha value is -3.38. The van der Waals surface area contributed by atoms with Gasteiger partial charge in [0, 0.05) is 18.8 Å². The van der Waals surface area contributed by atoms with Crippen LogP contribution in [-0.2, 0) is 0 Å². The van der Waals surface area contributed by atoms with Crippen LogP contribution in [0.1, 0.15) is 10.5 Å². The first-order valence-electron chi connectivity index (χ1n) is 9.09. The van der Waals surface area contributed by atoms with Crippen molar-refractivity contribution in [3.63, 3.8) is 0 Å². The molecule has 0 aliphatic rings. The molecule has 0 unspecified atom stereocenters. The number of likely N-dealkylation sites (N-methyl/N-ethyl adjacent to an activating group) is 1. The van der Waals surface area contributed by atoms with E-state index in [1.807, 2.05) is 79.7 Å². The van der Waals surface area contributed by atoms with Gasteiger partial charge in [-0.3, -0.25) is 4.79 Å². The van der Waals surface area contributed by atoms with Gasteiger partial charge in [-0.05, 0) is 62.6 Å². The van der Waals surface area contributed by atoms with Gasteiger partial charge in [-0.25, -0.2) is 4.98 Å². The predicted molar refractivity (Wildman–Crippen MR) is 111 cm³/mol. The van der Waals surface area contributed by atoms with E-state index in [0.717, 1.165) is 29.4 Å². The molecule has 0 aliphatic heterocycles. The van der Waals surface area contributed by atoms with E-state index in [2.05, 4.69) is 15.6 Å². The molecular formula is C22H24N4O2. The second-order valence-corrected chi connectivity index (χ2v) is 6.56. The van der Waals surface area contributed by atoms with Gasteiger partial charge in [0.15, 0.2) is 0 Å². The van der Waals surface area contributed by atoms with E-state index in [9.17, 15) is 4.79 Å². The molecule has 28 heavy (non-hydrogen) atoms. The molecule has 6 nitrogen and oxygen atoms in total. The maximum atomic E-state index is 12.1. The Bertz CT molecular complexity index is 879. The van der Waals surface area contributed by atoms with Gasteiger partial charge in [0.2, 0.25) is 0 Å². The number of para-hydroxylation sites is 1. The second kappa shape index (κ2) is 9.53. The van der Waals surface area contributed by atoms with E-state index in [4.69, 9.17) is 4.74 Å². The summed E-state index contributed by atoms with van der Waals surface area (Å²) in [6.07, 6.45) is 1.65. The van der Waals surface area contributed by atoms with Crippen LogP contribution in [0, 0.1) is 0 Å². The molecule has 2 N–H and O–H groups in total. The number of hydrogen-bond donors (Lipinski definition) is 2. The van der Waals surface area contributed by atoms with E-state index in [1.54, 1.807) is 12.3 Å². The number of ether oxygens (including phenoxy) is 1. The molecule has 144 valence electrons. The number of hydrogen-bond acceptors (Lipinski definition) is 5. The van der Waals surface area contributed by atoms with Gasteiger partial charge in [-0.1, -0.05) is 18.2 Å². The van der Waals surface area contributed by atoms with Crippen molar-refractivity contribution in [3.8, 4) is 11.5 Å². The third-order valence-corrected chi connectivity index (χ3v) is 3.96. The van der Waals surface area contributed by atoms with Crippen LogP contribution in [0.15, 0.2) is 72.9 Å². The Morgan fingerprint density at radius 2 is 1.61 bits per heavy atom. The molecule has 3 rings (SSSR count). The van der Waals surface area contributed by atoms with Crippen LogP contribution < -0.4 is 15.4 Å². The van der Waals surface area contributed by atoms with E-state index in [0.29, 0.717) is 12.2 Å². The van der Waals surface area contributed by atoms with Crippen LogP contribution in [0.2, 0.25) is 0 Å². The monoisotopic (exact) mass is 376 g/mol. The summed E-state index contributed by atoms with van der Waals surface area (Å²) in [5.41, 5.74) is 2.11. The summed E-state index contributed by atoms with van der Waals surface area (Å²) in [5.74, 6) is 1.39. The van der Waals surface area contributed by atoms with Crippen molar-refractivity contribution in [2.45, 2.75) is 0 Å². The maximum absolute atomic E-state index is 12.1. The lowest BCUT2D eigenvalue weighted by Crippen LogP contribution is -2.31. The summed E-state index contributed by atoms with van der Waals surface area (Å²) >= 11 is 0. The average molecular weight is 376 g/mol. The number of nitrogens with one attached hydrogen (secondary N) is 2. The lowest BCUT2D eigenvalue weighted by atomic mass is 10.2. The van der Waals surface area contributed by atoms with Crippen molar-refractivity contribution in [1.82, 2.24) is 15.2 Å². The first kappa shape index (κ1) is 19.4. The van der Waals surface area contributed by atoms with Crippen molar-refractivity contribution in [2.24, 2.45) is 0 Å². The van der Waals surface area contributed by atoms with E-state index in [-0.39, 0.29) is 5.91 Å². The van der Waals surface area contributed by atoms with E-state index >= 15 is 0 Å². The molecule has 1 heterocycles. The number of benzene rings is 2. The van der Waals surface area contributed by atoms with Gasteiger partial charge >= 0.3 is 0 Å². The third kappa shape index (κ3) is 5.82. The van der Waals surface area contributed by atoms with Crippen molar-refractivity contribution in [3.05, 3.63) is 78.6 Å². The fourth-order valence-corrected chi connectivity index (χ4v) is 2.48. The summed E-state index contributed by atoms with van der Waals surface area (Å²) in [7, 11) is 3.93. The van der Waals surface area contributed by atoms with Gasteiger partial charge in [0.1, 0.15) is 17.2 Å². The number of carbonyl (C=O) groups is 1. The lowest BCUT2D eigenvalue weighted by Gasteiger charge is -2.11. The van der Waals surface area contributed by atoms with Crippen LogP contribution in [0.4, 0.5) is 11.4 Å². The normalized spacial score (nSPS) is 10.5. The topological polar surface area (TPSA) is 66.5 Å². The molecule has 3 aromatic rings. The predicted octanol–water partition coefficient (Wildman–Crippen LogP) is 3.91. The Morgan fingerprint density at radius 1 is 0.929 bits per heavy atom. The summed E-state index contributed by atoms with van der Waals surface area (Å²) in [4.78, 5) is 18.3. The average Bonchev–Trinajstić information content (AvgIpc) is 2.70. The molecule has 2 aromatic carbocycles. The Balaban J connectivity index is 1.54. The van der Waals surface area contributed by atoms with Gasteiger partial charge in [0.25, 0.3) is 5.91 Å². The molecule has 0 aliphatic carbocycles. The van der Waals surface area contributed by atoms with Crippen LogP contribution in [0.25, 0.3) is 0 Å². The van der Waals surface area contributed by atoms with Crippen LogP contribution >= 0.6 is 0 Å². The molecule has 0 saturated heterocycles. The molecule has 0 saturated carbocycles. The minimum atomic E-state index is -0.171. The number of carbonyl (C=O) groups excluding carboxylic acids is 1. The number of rotatable bonds is 8. The first-order valence-corrected chi connectivity index (χ1v) is 9.09. The maximum Gasteiger partial charge on any atom is 0.269 e. The van der Waals surface area contributed by atoms with Crippen molar-refractivity contribution in [2.75, 3.05) is 32.5 Å². The summed E-state index contributed by atoms with van der Waals surface area (Å²) in [5, 5.41) is 6.11. The minimum Gasteiger partial charge on any atom is -0.457 e. The molecule has 0 fully saturated rings. The SMILES string of the molecule is CN(C)CCNC(=O)c1ccc(Nc2ccc(Oc3ccccc3)cc2)cn1. The number of aromatic nitrogens is 1. The van der Waals surface area contributed by atoms with Gasteiger partial charge in [-0.15, -0.1) is 0 Å². The number of anilines is 2. The zero-order valence-corrected chi connectivity index (χ0v) is 16.1. The summed E-state index contributed by atoms with van der Waals surface area (Å²) in [6.45, 7) is 1.38. The molecule has 0 spiro atoms. The fourth-order valence-electron chi connectivity index (χ4n) is 2.48. The quantitative estimate of drug-likeness (QED) is 0.624. The zero-order chi connectivity index (χ0) is 19.8. The number of pyridine rings is 1. The van der Waals surface area contributed by atoms with Crippen molar-refractivity contribution >= 4 is 17.3 Å². The van der Waals surface area contributed by atoms with E-state index < -0.39 is 0 Å². The van der Waals surface area contributed by atoms with Gasteiger partial charge in [-0.2, -0.15) is 0 Å². The highest BCUT2D eigenvalue weighted by Crippen LogP contribution is 2.24. The Kier molecular flexibility index (Phi) is 6.59. The highest BCUT2D eigenvalue weighted by atomic mass is 16.5. The molecule has 6 heteroatoms. The zero-order valence-electron chi connectivity index (χ0n) is 16.1. The number of nitrogens with zero attached hydrogens (tertiary/aromatic N) is 2. The van der Waals surface area contributed by atoms with Crippen LogP contribution in [-0.4, -0.2) is 43.0 Å². The second-order valence-electron chi connectivity index (χ2n) is 6.56. The smallest absolute Gasteiger partial charge is 0.269 e. The molecule has 1 aromatic heterocycles. The van der Waals surface area contributed by atoms with Crippen molar-refractivity contribution < 1.29 is 9.53 Å². The third-order valence-electron chi connectivity index (χ3n) is 3.96. The Morgan fingerprint density at radius 3 is 2.25 bits per heavy atom. The fraction of sp³-hybridized carbons (Fsp3) is 0.182. The highest BCUT2D eigenvalue weighted by molar-refractivity contribution is 5.92. The largest absolute Gasteiger partial charge is 0.457 e. The molecule has 0 bridgehead atoms. The standard InChI is InChI=1S/C22H24N4O2/c1-26(2)15-14-23-22(27)21-13-10-18(16-24-21)25-17-8-11-20(12-9-17)28-19-6-4-3-5-7-19/h3-13,16,25H,14-15H2,1-2H3,(H,23,27). The van der Waals surface area contributed by atoms with Crippen LogP contribution in [0.5, 0.6) is 11.5 Å². The van der Waals surface area contributed by atoms with E-state index in [1.165, 1.54) is 0 Å². The minimum absolute atomic E-state index is 0.171. The molecule has 1 amide bonds. The van der Waals surface area contributed by atoms with Crippen molar-refractivity contribution in [1.29, 1.82) is 0 Å². The summed E-state index contributed by atoms with van der Waals surface area (Å²) < 4.78 is 5.78. The Labute approximate surface area is 165 Å². The van der Waals surface area contributed by atoms with Gasteiger partial charge < -0.3 is 20.3 Å². The summed E-state index contributed by atoms with van der Waals surface area (Å²) in [6, 6.07) is 20.8. The first-order chi connectivity index (χ1) is 13.6. The molecular weight excluding hydrogens is 352 g/mol. The lowest BCUT2D eigenvalue weighted by molar-refractivity contribution is 0.0946. The number of amides is 1. The molecule has 0 atom stereocenters. The highest BCUT2D eigenvalue weighted by Gasteiger charge is 2.07. The van der Waals surface area contributed by atoms with Crippen LogP contribution in [0.3, 0.4) is 0 Å².